The van der Waals surface area contributed by atoms with Crippen LogP contribution >= 0.6 is 0 Å². The van der Waals surface area contributed by atoms with Crippen LogP contribution in [-0.2, 0) is 6.18 Å². The molecular formula is C12H14F3N3O2. The van der Waals surface area contributed by atoms with Crippen LogP contribution in [0.2, 0.25) is 0 Å². The van der Waals surface area contributed by atoms with Crippen LogP contribution in [0, 0.1) is 10.1 Å². The fraction of sp³-hybridized carbons (Fsp3) is 0.500. The molecule has 110 valence electrons. The minimum Gasteiger partial charge on any atom is -0.376 e. The topological polar surface area (TPSA) is 67.2 Å². The highest BCUT2D eigenvalue weighted by atomic mass is 19.4. The lowest BCUT2D eigenvalue weighted by Gasteiger charge is -2.26. The van der Waals surface area contributed by atoms with Gasteiger partial charge in [0, 0.05) is 12.1 Å². The number of benzene rings is 1. The van der Waals surface area contributed by atoms with Gasteiger partial charge in [-0.2, -0.15) is 13.2 Å². The lowest BCUT2D eigenvalue weighted by molar-refractivity contribution is -0.384. The van der Waals surface area contributed by atoms with Gasteiger partial charge in [0.25, 0.3) is 5.69 Å². The molecule has 1 fully saturated rings. The van der Waals surface area contributed by atoms with Gasteiger partial charge in [0.2, 0.25) is 0 Å². The zero-order valence-electron chi connectivity index (χ0n) is 10.5. The van der Waals surface area contributed by atoms with E-state index in [-0.39, 0.29) is 6.04 Å². The van der Waals surface area contributed by atoms with E-state index >= 15 is 0 Å². The third kappa shape index (κ3) is 3.19. The van der Waals surface area contributed by atoms with Crippen LogP contribution in [0.25, 0.3) is 0 Å². The number of nitro benzene ring substituents is 1. The van der Waals surface area contributed by atoms with Crippen LogP contribution in [-0.4, -0.2) is 24.1 Å². The Kier molecular flexibility index (Phi) is 4.12. The van der Waals surface area contributed by atoms with E-state index < -0.39 is 28.0 Å². The number of nitrogens with zero attached hydrogens (tertiary/aromatic N) is 1. The van der Waals surface area contributed by atoms with Crippen LogP contribution in [0.5, 0.6) is 0 Å². The van der Waals surface area contributed by atoms with Crippen molar-refractivity contribution in [2.75, 3.05) is 18.4 Å². The van der Waals surface area contributed by atoms with E-state index in [0.29, 0.717) is 25.9 Å². The van der Waals surface area contributed by atoms with E-state index in [1.54, 1.807) is 0 Å². The maximum absolute atomic E-state index is 13.0. The van der Waals surface area contributed by atoms with Gasteiger partial charge in [-0.15, -0.1) is 0 Å². The van der Waals surface area contributed by atoms with Crippen molar-refractivity contribution in [1.82, 2.24) is 5.32 Å². The highest BCUT2D eigenvalue weighted by Crippen LogP contribution is 2.40. The van der Waals surface area contributed by atoms with Crippen molar-refractivity contribution in [3.63, 3.8) is 0 Å². The van der Waals surface area contributed by atoms with Crippen molar-refractivity contribution >= 4 is 11.4 Å². The Morgan fingerprint density at radius 2 is 1.95 bits per heavy atom. The molecule has 1 aliphatic heterocycles. The first-order valence-corrected chi connectivity index (χ1v) is 6.21. The average molecular weight is 289 g/mol. The molecule has 1 aromatic rings. The summed E-state index contributed by atoms with van der Waals surface area (Å²) in [6.45, 7) is 1.36. The van der Waals surface area contributed by atoms with Crippen LogP contribution in [0.4, 0.5) is 24.5 Å². The summed E-state index contributed by atoms with van der Waals surface area (Å²) in [6, 6.07) is 2.79. The molecule has 8 heteroatoms. The van der Waals surface area contributed by atoms with E-state index in [4.69, 9.17) is 0 Å². The van der Waals surface area contributed by atoms with Crippen molar-refractivity contribution in [3.8, 4) is 0 Å². The Balaban J connectivity index is 2.38. The van der Waals surface area contributed by atoms with Gasteiger partial charge in [-0.25, -0.2) is 0 Å². The molecule has 0 amide bonds. The number of hydrogen-bond donors (Lipinski definition) is 2. The first kappa shape index (κ1) is 14.6. The summed E-state index contributed by atoms with van der Waals surface area (Å²) in [6.07, 6.45) is -3.37. The summed E-state index contributed by atoms with van der Waals surface area (Å²) in [5.74, 6) is 0. The Morgan fingerprint density at radius 1 is 1.30 bits per heavy atom. The maximum atomic E-state index is 13.0. The molecule has 1 heterocycles. The lowest BCUT2D eigenvalue weighted by atomic mass is 10.0. The third-order valence-electron chi connectivity index (χ3n) is 3.23. The smallest absolute Gasteiger partial charge is 0.376 e. The minimum atomic E-state index is -4.62. The van der Waals surface area contributed by atoms with E-state index in [1.807, 2.05) is 0 Å². The summed E-state index contributed by atoms with van der Waals surface area (Å²) >= 11 is 0. The molecule has 5 nitrogen and oxygen atoms in total. The maximum Gasteiger partial charge on any atom is 0.418 e. The molecule has 0 bridgehead atoms. The predicted molar refractivity (Wildman–Crippen MR) is 67.6 cm³/mol. The van der Waals surface area contributed by atoms with E-state index in [9.17, 15) is 23.3 Å². The molecule has 0 aliphatic carbocycles. The zero-order valence-corrected chi connectivity index (χ0v) is 10.5. The van der Waals surface area contributed by atoms with Crippen molar-refractivity contribution in [3.05, 3.63) is 33.9 Å². The Labute approximate surface area is 113 Å². The zero-order chi connectivity index (χ0) is 14.8. The Hall–Kier alpha value is -1.83. The fourth-order valence-corrected chi connectivity index (χ4v) is 2.25. The molecule has 0 aromatic heterocycles. The number of halogens is 3. The van der Waals surface area contributed by atoms with Crippen molar-refractivity contribution in [1.29, 1.82) is 0 Å². The lowest BCUT2D eigenvalue weighted by Crippen LogP contribution is -2.36. The third-order valence-corrected chi connectivity index (χ3v) is 3.23. The van der Waals surface area contributed by atoms with E-state index in [2.05, 4.69) is 10.6 Å². The second kappa shape index (κ2) is 5.66. The number of piperidine rings is 1. The second-order valence-electron chi connectivity index (χ2n) is 4.62. The molecule has 0 atom stereocenters. The molecule has 0 unspecified atom stereocenters. The van der Waals surface area contributed by atoms with Crippen molar-refractivity contribution in [2.45, 2.75) is 25.1 Å². The minimum absolute atomic E-state index is 0.196. The second-order valence-corrected chi connectivity index (χ2v) is 4.62. The normalized spacial score (nSPS) is 16.9. The SMILES string of the molecule is O=[N+]([O-])c1cccc(C(F)(F)F)c1NC1CCNCC1. The standard InChI is InChI=1S/C12H14F3N3O2/c13-12(14,15)9-2-1-3-10(18(19)20)11(9)17-8-4-6-16-7-5-8/h1-3,8,16-17H,4-7H2. The van der Waals surface area contributed by atoms with Crippen LogP contribution < -0.4 is 10.6 Å². The monoisotopic (exact) mass is 289 g/mol. The summed E-state index contributed by atoms with van der Waals surface area (Å²) in [5.41, 5.74) is -1.97. The van der Waals surface area contributed by atoms with E-state index in [1.165, 1.54) is 0 Å². The molecule has 0 radical (unpaired) electrons. The van der Waals surface area contributed by atoms with Gasteiger partial charge in [-0.05, 0) is 32.0 Å². The molecular weight excluding hydrogens is 275 g/mol. The van der Waals surface area contributed by atoms with Crippen LogP contribution in [0.1, 0.15) is 18.4 Å². The molecule has 1 aromatic carbocycles. The van der Waals surface area contributed by atoms with Crippen LogP contribution in [0.15, 0.2) is 18.2 Å². The summed E-state index contributed by atoms with van der Waals surface area (Å²) in [7, 11) is 0. The number of alkyl halides is 3. The first-order valence-electron chi connectivity index (χ1n) is 6.21. The van der Waals surface area contributed by atoms with Gasteiger partial charge in [0.15, 0.2) is 0 Å². The number of para-hydroxylation sites is 1. The average Bonchev–Trinajstić information content (AvgIpc) is 2.38. The number of anilines is 1. The summed E-state index contributed by atoms with van der Waals surface area (Å²) in [4.78, 5) is 10.1. The Bertz CT molecular complexity index is 499. The summed E-state index contributed by atoms with van der Waals surface area (Å²) < 4.78 is 38.9. The molecule has 0 spiro atoms. The van der Waals surface area contributed by atoms with Gasteiger partial charge in [0.1, 0.15) is 5.69 Å². The number of nitro groups is 1. The van der Waals surface area contributed by atoms with Gasteiger partial charge in [0.05, 0.1) is 10.5 Å². The molecule has 0 saturated carbocycles. The molecule has 2 N–H and O–H groups in total. The molecule has 1 saturated heterocycles. The largest absolute Gasteiger partial charge is 0.418 e. The number of nitrogens with one attached hydrogen (secondary N) is 2. The van der Waals surface area contributed by atoms with Crippen molar-refractivity contribution < 1.29 is 18.1 Å². The van der Waals surface area contributed by atoms with Gasteiger partial charge < -0.3 is 10.6 Å². The number of hydrogen-bond acceptors (Lipinski definition) is 4. The highest BCUT2D eigenvalue weighted by Gasteiger charge is 2.37. The summed E-state index contributed by atoms with van der Waals surface area (Å²) in [5, 5.41) is 16.7. The molecule has 1 aliphatic rings. The quantitative estimate of drug-likeness (QED) is 0.663. The molecule has 20 heavy (non-hydrogen) atoms. The highest BCUT2D eigenvalue weighted by molar-refractivity contribution is 5.67. The van der Waals surface area contributed by atoms with Gasteiger partial charge >= 0.3 is 6.18 Å². The fourth-order valence-electron chi connectivity index (χ4n) is 2.25. The Morgan fingerprint density at radius 3 is 2.50 bits per heavy atom. The first-order chi connectivity index (χ1) is 9.39. The number of rotatable bonds is 3. The van der Waals surface area contributed by atoms with Gasteiger partial charge in [-0.1, -0.05) is 6.07 Å². The van der Waals surface area contributed by atoms with Gasteiger partial charge in [-0.3, -0.25) is 10.1 Å². The predicted octanol–water partition coefficient (Wildman–Crippen LogP) is 2.78. The molecule has 2 rings (SSSR count). The van der Waals surface area contributed by atoms with Crippen molar-refractivity contribution in [2.24, 2.45) is 0 Å². The van der Waals surface area contributed by atoms with E-state index in [0.717, 1.165) is 18.2 Å². The van der Waals surface area contributed by atoms with Crippen LogP contribution in [0.3, 0.4) is 0 Å².